The minimum atomic E-state index is -0.852. The number of nitrogens with zero attached hydrogens (tertiary/aromatic N) is 2. The van der Waals surface area contributed by atoms with Crippen molar-refractivity contribution < 1.29 is 28.3 Å². The summed E-state index contributed by atoms with van der Waals surface area (Å²) in [6.07, 6.45) is 0. The average molecular weight is 618 g/mol. The van der Waals surface area contributed by atoms with Gasteiger partial charge in [-0.1, -0.05) is 53.4 Å². The quantitative estimate of drug-likeness (QED) is 0.237. The van der Waals surface area contributed by atoms with Crippen LogP contribution in [0.4, 0.5) is 15.8 Å². The molecule has 9 nitrogen and oxygen atoms in total. The Balaban J connectivity index is 1.35. The standard InChI is InChI=1S/C31H24FN3O6S2/c1-2-41-30(39)18-8-14-21(15-9-18)35-27(37)24-23(17-6-4-3-5-7-17)26-29(42-25(24)28(35)38)34(31(40)43-26)16-22(36)33-20-12-10-19(32)11-13-20/h3-15,23-25H,2,16H2,1H3,(H,33,36)/t23-,24?,25?/m1/s1. The predicted octanol–water partition coefficient (Wildman–Crippen LogP) is 4.66. The van der Waals surface area contributed by atoms with Crippen molar-refractivity contribution in [2.24, 2.45) is 5.92 Å². The third-order valence-corrected chi connectivity index (χ3v) is 9.88. The summed E-state index contributed by atoms with van der Waals surface area (Å²) >= 11 is 2.06. The molecule has 3 atom stereocenters. The number of thioether (sulfide) groups is 1. The SMILES string of the molecule is CCOC(=O)c1ccc(N2C(=O)C3Sc4c(sc(=O)n4CC(=O)Nc4ccc(F)cc4)[C@H](c4ccccc4)C3C2=O)cc1. The first-order valence-corrected chi connectivity index (χ1v) is 15.1. The summed E-state index contributed by atoms with van der Waals surface area (Å²) in [5.41, 5.74) is 1.76. The van der Waals surface area contributed by atoms with Crippen LogP contribution in [0.1, 0.15) is 33.6 Å². The van der Waals surface area contributed by atoms with Gasteiger partial charge in [0.1, 0.15) is 17.6 Å². The molecule has 0 saturated carbocycles. The highest BCUT2D eigenvalue weighted by Crippen LogP contribution is 2.53. The third kappa shape index (κ3) is 5.28. The number of anilines is 2. The molecule has 0 bridgehead atoms. The highest BCUT2D eigenvalue weighted by Gasteiger charge is 2.56. The number of hydrogen-bond acceptors (Lipinski definition) is 8. The van der Waals surface area contributed by atoms with Gasteiger partial charge in [-0.25, -0.2) is 14.1 Å². The molecule has 1 saturated heterocycles. The minimum absolute atomic E-state index is 0.217. The first-order chi connectivity index (χ1) is 20.8. The first-order valence-electron chi connectivity index (χ1n) is 13.4. The fourth-order valence-corrected chi connectivity index (χ4v) is 8.14. The van der Waals surface area contributed by atoms with Crippen LogP contribution >= 0.6 is 23.1 Å². The van der Waals surface area contributed by atoms with Gasteiger partial charge in [0, 0.05) is 16.5 Å². The highest BCUT2D eigenvalue weighted by atomic mass is 32.2. The van der Waals surface area contributed by atoms with Crippen LogP contribution in [0.5, 0.6) is 0 Å². The van der Waals surface area contributed by atoms with E-state index in [2.05, 4.69) is 5.32 Å². The van der Waals surface area contributed by atoms with Gasteiger partial charge in [-0.15, -0.1) is 0 Å². The summed E-state index contributed by atoms with van der Waals surface area (Å²) in [6, 6.07) is 20.5. The summed E-state index contributed by atoms with van der Waals surface area (Å²) in [5.74, 6) is -3.70. The maximum absolute atomic E-state index is 14.0. The maximum Gasteiger partial charge on any atom is 0.338 e. The molecule has 1 aromatic heterocycles. The molecule has 0 aliphatic carbocycles. The predicted molar refractivity (Wildman–Crippen MR) is 160 cm³/mol. The van der Waals surface area contributed by atoms with Crippen LogP contribution < -0.4 is 15.1 Å². The Kier molecular flexibility index (Phi) is 7.72. The fourth-order valence-electron chi connectivity index (χ4n) is 5.37. The lowest BCUT2D eigenvalue weighted by molar-refractivity contribution is -0.122. The number of halogens is 1. The lowest BCUT2D eigenvalue weighted by atomic mass is 9.83. The number of rotatable bonds is 7. The minimum Gasteiger partial charge on any atom is -0.462 e. The molecule has 0 spiro atoms. The Hall–Kier alpha value is -4.55. The molecule has 2 unspecified atom stereocenters. The number of imide groups is 1. The number of nitrogens with one attached hydrogen (secondary N) is 1. The highest BCUT2D eigenvalue weighted by molar-refractivity contribution is 8.00. The number of amides is 3. The molecule has 4 aromatic rings. The van der Waals surface area contributed by atoms with E-state index < -0.39 is 46.6 Å². The summed E-state index contributed by atoms with van der Waals surface area (Å²) in [6.45, 7) is 1.59. The van der Waals surface area contributed by atoms with Gasteiger partial charge in [-0.05, 0) is 61.0 Å². The van der Waals surface area contributed by atoms with Crippen LogP contribution in [-0.2, 0) is 25.7 Å². The van der Waals surface area contributed by atoms with E-state index in [0.29, 0.717) is 26.8 Å². The van der Waals surface area contributed by atoms with Crippen LogP contribution in [0.15, 0.2) is 88.7 Å². The van der Waals surface area contributed by atoms with Gasteiger partial charge in [0.25, 0.3) is 0 Å². The van der Waals surface area contributed by atoms with E-state index in [1.165, 1.54) is 53.1 Å². The summed E-state index contributed by atoms with van der Waals surface area (Å²) in [7, 11) is 0. The van der Waals surface area contributed by atoms with E-state index in [-0.39, 0.29) is 18.0 Å². The zero-order chi connectivity index (χ0) is 30.2. The smallest absolute Gasteiger partial charge is 0.338 e. The van der Waals surface area contributed by atoms with Gasteiger partial charge in [0.05, 0.1) is 28.8 Å². The number of fused-ring (bicyclic) bond motifs is 2. The molecule has 2 aliphatic heterocycles. The average Bonchev–Trinajstić information content (AvgIpc) is 3.45. The Morgan fingerprint density at radius 3 is 2.30 bits per heavy atom. The number of thiazole rings is 1. The number of aromatic nitrogens is 1. The Morgan fingerprint density at radius 2 is 1.63 bits per heavy atom. The zero-order valence-corrected chi connectivity index (χ0v) is 24.3. The number of carbonyl (C=O) groups is 4. The summed E-state index contributed by atoms with van der Waals surface area (Å²) in [4.78, 5) is 67.5. The van der Waals surface area contributed by atoms with Crippen molar-refractivity contribution in [2.75, 3.05) is 16.8 Å². The van der Waals surface area contributed by atoms with E-state index in [9.17, 15) is 28.4 Å². The molecule has 0 radical (unpaired) electrons. The number of benzene rings is 3. The van der Waals surface area contributed by atoms with E-state index in [1.54, 1.807) is 6.92 Å². The lowest BCUT2D eigenvalue weighted by Crippen LogP contribution is -2.33. The second-order valence-corrected chi connectivity index (χ2v) is 12.0. The van der Waals surface area contributed by atoms with E-state index in [4.69, 9.17) is 4.74 Å². The maximum atomic E-state index is 14.0. The van der Waals surface area contributed by atoms with Crippen molar-refractivity contribution in [3.05, 3.63) is 110 Å². The van der Waals surface area contributed by atoms with Gasteiger partial charge < -0.3 is 10.1 Å². The van der Waals surface area contributed by atoms with E-state index in [0.717, 1.165) is 33.6 Å². The summed E-state index contributed by atoms with van der Waals surface area (Å²) in [5, 5.41) is 2.27. The normalized spacial score (nSPS) is 19.1. The molecule has 2 aliphatic rings. The van der Waals surface area contributed by atoms with Crippen molar-refractivity contribution in [3.8, 4) is 0 Å². The number of esters is 1. The van der Waals surface area contributed by atoms with Crippen molar-refractivity contribution in [2.45, 2.75) is 29.7 Å². The molecule has 3 amide bonds. The number of ether oxygens (including phenoxy) is 1. The lowest BCUT2D eigenvalue weighted by Gasteiger charge is -2.30. The van der Waals surface area contributed by atoms with E-state index in [1.807, 2.05) is 30.3 Å². The molecule has 6 rings (SSSR count). The molecule has 3 aromatic carbocycles. The molecule has 1 N–H and O–H groups in total. The largest absolute Gasteiger partial charge is 0.462 e. The van der Waals surface area contributed by atoms with Crippen LogP contribution in [0.2, 0.25) is 0 Å². The Bertz CT molecular complexity index is 1790. The van der Waals surface area contributed by atoms with Crippen molar-refractivity contribution in [3.63, 3.8) is 0 Å². The van der Waals surface area contributed by atoms with Gasteiger partial charge >= 0.3 is 10.8 Å². The molecule has 1 fully saturated rings. The van der Waals surface area contributed by atoms with Gasteiger partial charge in [0.15, 0.2) is 0 Å². The van der Waals surface area contributed by atoms with Gasteiger partial charge in [0.2, 0.25) is 17.7 Å². The molecule has 3 heterocycles. The fraction of sp³-hybridized carbons (Fsp3) is 0.194. The van der Waals surface area contributed by atoms with Crippen molar-refractivity contribution in [1.82, 2.24) is 4.57 Å². The molecule has 12 heteroatoms. The van der Waals surface area contributed by atoms with Crippen LogP contribution in [0.25, 0.3) is 0 Å². The van der Waals surface area contributed by atoms with E-state index >= 15 is 0 Å². The molecular weight excluding hydrogens is 593 g/mol. The number of hydrogen-bond donors (Lipinski definition) is 1. The number of carbonyl (C=O) groups excluding carboxylic acids is 4. The van der Waals surface area contributed by atoms with Crippen molar-refractivity contribution in [1.29, 1.82) is 0 Å². The first kappa shape index (κ1) is 28.6. The Labute approximate surface area is 253 Å². The second-order valence-electron chi connectivity index (χ2n) is 9.91. The van der Waals surface area contributed by atoms with Gasteiger partial charge in [-0.2, -0.15) is 0 Å². The monoisotopic (exact) mass is 617 g/mol. The third-order valence-electron chi connectivity index (χ3n) is 7.27. The summed E-state index contributed by atoms with van der Waals surface area (Å²) < 4.78 is 19.6. The molecular formula is C31H24FN3O6S2. The molecule has 43 heavy (non-hydrogen) atoms. The van der Waals surface area contributed by atoms with Crippen LogP contribution in [0.3, 0.4) is 0 Å². The zero-order valence-electron chi connectivity index (χ0n) is 22.7. The van der Waals surface area contributed by atoms with Crippen LogP contribution in [-0.4, -0.2) is 40.1 Å². The second kappa shape index (κ2) is 11.6. The Morgan fingerprint density at radius 1 is 0.930 bits per heavy atom. The topological polar surface area (TPSA) is 115 Å². The molecule has 218 valence electrons. The van der Waals surface area contributed by atoms with Crippen LogP contribution in [0, 0.1) is 11.7 Å². The van der Waals surface area contributed by atoms with Gasteiger partial charge in [-0.3, -0.25) is 23.7 Å². The van der Waals surface area contributed by atoms with Crippen molar-refractivity contribution >= 4 is 58.2 Å².